The number of hydrogen-bond acceptors (Lipinski definition) is 2. The van der Waals surface area contributed by atoms with E-state index in [-0.39, 0.29) is 5.97 Å². The van der Waals surface area contributed by atoms with Gasteiger partial charge in [0.15, 0.2) is 0 Å². The van der Waals surface area contributed by atoms with Crippen LogP contribution in [0.5, 0.6) is 5.75 Å². The Morgan fingerprint density at radius 3 is 2.36 bits per heavy atom. The van der Waals surface area contributed by atoms with Crippen LogP contribution in [0, 0.1) is 11.8 Å². The second kappa shape index (κ2) is 5.45. The van der Waals surface area contributed by atoms with Crippen LogP contribution >= 0.6 is 0 Å². The lowest BCUT2D eigenvalue weighted by Gasteiger charge is -2.19. The molecule has 5 rings (SSSR count). The van der Waals surface area contributed by atoms with Crippen molar-refractivity contribution in [2.45, 2.75) is 25.7 Å². The van der Waals surface area contributed by atoms with Crippen molar-refractivity contribution in [3.05, 3.63) is 66.2 Å². The Morgan fingerprint density at radius 2 is 1.64 bits per heavy atom. The highest BCUT2D eigenvalue weighted by Crippen LogP contribution is 2.49. The van der Waals surface area contributed by atoms with E-state index in [0.29, 0.717) is 11.7 Å². The smallest absolute Gasteiger partial charge is 0.308 e. The van der Waals surface area contributed by atoms with E-state index in [1.807, 2.05) is 18.2 Å². The first-order valence-electron chi connectivity index (χ1n) is 9.00. The Bertz CT molecular complexity index is 1030. The van der Waals surface area contributed by atoms with E-state index in [0.717, 1.165) is 17.2 Å². The van der Waals surface area contributed by atoms with Crippen LogP contribution in [0.2, 0.25) is 0 Å². The molecule has 0 heterocycles. The van der Waals surface area contributed by atoms with Crippen LogP contribution in [0.25, 0.3) is 21.5 Å². The van der Waals surface area contributed by atoms with Crippen LogP contribution in [0.4, 0.5) is 0 Å². The van der Waals surface area contributed by atoms with E-state index in [1.165, 1.54) is 41.5 Å². The zero-order chi connectivity index (χ0) is 17.0. The quantitative estimate of drug-likeness (QED) is 0.265. The van der Waals surface area contributed by atoms with Gasteiger partial charge in [0, 0.05) is 6.92 Å². The average molecular weight is 328 g/mol. The summed E-state index contributed by atoms with van der Waals surface area (Å²) in [4.78, 5) is 11.2. The van der Waals surface area contributed by atoms with E-state index < -0.39 is 0 Å². The van der Waals surface area contributed by atoms with Crippen LogP contribution < -0.4 is 4.74 Å². The predicted molar refractivity (Wildman–Crippen MR) is 101 cm³/mol. The van der Waals surface area contributed by atoms with E-state index in [1.54, 1.807) is 0 Å². The fraction of sp³-hybridized carbons (Fsp3) is 0.261. The van der Waals surface area contributed by atoms with Gasteiger partial charge in [-0.15, -0.1) is 0 Å². The number of allylic oxidation sites excluding steroid dienone is 2. The lowest BCUT2D eigenvalue weighted by atomic mass is 9.86. The third-order valence-corrected chi connectivity index (χ3v) is 5.76. The largest absolute Gasteiger partial charge is 0.427 e. The van der Waals surface area contributed by atoms with Gasteiger partial charge in [0.25, 0.3) is 0 Å². The first kappa shape index (κ1) is 14.7. The number of rotatable bonds is 2. The van der Waals surface area contributed by atoms with E-state index in [9.17, 15) is 4.79 Å². The summed E-state index contributed by atoms with van der Waals surface area (Å²) in [6.07, 6.45) is 7.42. The molecule has 124 valence electrons. The normalized spacial score (nSPS) is 24.3. The summed E-state index contributed by atoms with van der Waals surface area (Å²) in [6, 6.07) is 17.2. The van der Waals surface area contributed by atoms with Gasteiger partial charge in [-0.2, -0.15) is 0 Å². The summed E-state index contributed by atoms with van der Waals surface area (Å²) < 4.78 is 5.23. The Balaban J connectivity index is 1.58. The Morgan fingerprint density at radius 1 is 0.880 bits per heavy atom. The van der Waals surface area contributed by atoms with Crippen molar-refractivity contribution in [2.75, 3.05) is 0 Å². The summed E-state index contributed by atoms with van der Waals surface area (Å²) in [7, 11) is 0. The number of carbonyl (C=O) groups is 1. The molecule has 3 aromatic carbocycles. The number of ether oxygens (including phenoxy) is 1. The standard InChI is InChI=1S/C23H20O2/c1-14(24)25-22-7-6-17-10-16-4-5-19(11-20(16)12-21(17)13-22)23-9-15-2-3-18(23)8-15/h2-7,10-13,15,18,23H,8-9H2,1H3. The highest BCUT2D eigenvalue weighted by atomic mass is 16.5. The third-order valence-electron chi connectivity index (χ3n) is 5.76. The number of hydrogen-bond donors (Lipinski definition) is 0. The van der Waals surface area contributed by atoms with Gasteiger partial charge in [-0.25, -0.2) is 0 Å². The Kier molecular flexibility index (Phi) is 3.21. The molecule has 1 saturated carbocycles. The topological polar surface area (TPSA) is 26.3 Å². The second-order valence-corrected chi connectivity index (χ2v) is 7.45. The maximum atomic E-state index is 11.2. The second-order valence-electron chi connectivity index (χ2n) is 7.45. The highest BCUT2D eigenvalue weighted by molar-refractivity contribution is 5.99. The average Bonchev–Trinajstić information content (AvgIpc) is 3.22. The van der Waals surface area contributed by atoms with Gasteiger partial charge in [-0.05, 0) is 82.0 Å². The summed E-state index contributed by atoms with van der Waals surface area (Å²) in [6.45, 7) is 1.43. The Hall–Kier alpha value is -2.61. The monoisotopic (exact) mass is 328 g/mol. The molecule has 0 aliphatic heterocycles. The van der Waals surface area contributed by atoms with Crippen molar-refractivity contribution >= 4 is 27.5 Å². The maximum Gasteiger partial charge on any atom is 0.308 e. The first-order valence-corrected chi connectivity index (χ1v) is 9.00. The van der Waals surface area contributed by atoms with Gasteiger partial charge in [-0.3, -0.25) is 4.79 Å². The van der Waals surface area contributed by atoms with Crippen LogP contribution in [0.3, 0.4) is 0 Å². The van der Waals surface area contributed by atoms with Crippen LogP contribution in [0.1, 0.15) is 31.2 Å². The minimum Gasteiger partial charge on any atom is -0.427 e. The molecule has 2 aliphatic rings. The molecular weight excluding hydrogens is 308 g/mol. The van der Waals surface area contributed by atoms with Gasteiger partial charge < -0.3 is 4.74 Å². The molecule has 0 spiro atoms. The van der Waals surface area contributed by atoms with E-state index in [4.69, 9.17) is 4.74 Å². The van der Waals surface area contributed by atoms with Crippen molar-refractivity contribution in [1.82, 2.24) is 0 Å². The first-order chi connectivity index (χ1) is 12.2. The van der Waals surface area contributed by atoms with Gasteiger partial charge in [0.1, 0.15) is 5.75 Å². The zero-order valence-electron chi connectivity index (χ0n) is 14.2. The summed E-state index contributed by atoms with van der Waals surface area (Å²) in [5.74, 6) is 2.50. The molecule has 3 unspecified atom stereocenters. The molecule has 2 aliphatic carbocycles. The minimum atomic E-state index is -0.285. The fourth-order valence-electron chi connectivity index (χ4n) is 4.62. The molecule has 2 heteroatoms. The summed E-state index contributed by atoms with van der Waals surface area (Å²) in [5, 5.41) is 4.79. The predicted octanol–water partition coefficient (Wildman–Crippen LogP) is 5.60. The zero-order valence-corrected chi connectivity index (χ0v) is 14.2. The number of esters is 1. The maximum absolute atomic E-state index is 11.2. The molecule has 3 atom stereocenters. The molecule has 0 amide bonds. The lowest BCUT2D eigenvalue weighted by molar-refractivity contribution is -0.131. The highest BCUT2D eigenvalue weighted by Gasteiger charge is 2.36. The number of carbonyl (C=O) groups excluding carboxylic acids is 1. The SMILES string of the molecule is CC(=O)Oc1ccc2cc3ccc(C4CC5C=CC4C5)cc3cc2c1. The van der Waals surface area contributed by atoms with Gasteiger partial charge in [0.2, 0.25) is 0 Å². The molecule has 3 aromatic rings. The summed E-state index contributed by atoms with van der Waals surface area (Å²) in [5.41, 5.74) is 1.46. The Labute approximate surface area is 147 Å². The molecular formula is C23H20O2. The lowest BCUT2D eigenvalue weighted by Crippen LogP contribution is -2.04. The molecule has 0 N–H and O–H groups in total. The van der Waals surface area contributed by atoms with Gasteiger partial charge in [-0.1, -0.05) is 36.4 Å². The van der Waals surface area contributed by atoms with Crippen molar-refractivity contribution in [3.63, 3.8) is 0 Å². The molecule has 2 nitrogen and oxygen atoms in total. The summed E-state index contributed by atoms with van der Waals surface area (Å²) >= 11 is 0. The van der Waals surface area contributed by atoms with E-state index >= 15 is 0 Å². The van der Waals surface area contributed by atoms with Gasteiger partial charge >= 0.3 is 5.97 Å². The molecule has 25 heavy (non-hydrogen) atoms. The fourth-order valence-corrected chi connectivity index (χ4v) is 4.62. The van der Waals surface area contributed by atoms with Crippen molar-refractivity contribution in [2.24, 2.45) is 11.8 Å². The third kappa shape index (κ3) is 2.53. The van der Waals surface area contributed by atoms with E-state index in [2.05, 4.69) is 42.5 Å². The van der Waals surface area contributed by atoms with Crippen LogP contribution in [-0.2, 0) is 4.79 Å². The molecule has 0 radical (unpaired) electrons. The van der Waals surface area contributed by atoms with Gasteiger partial charge in [0.05, 0.1) is 0 Å². The molecule has 1 fully saturated rings. The molecule has 0 saturated heterocycles. The molecule has 0 aromatic heterocycles. The molecule has 2 bridgehead atoms. The van der Waals surface area contributed by atoms with Crippen LogP contribution in [-0.4, -0.2) is 5.97 Å². The minimum absolute atomic E-state index is 0.285. The van der Waals surface area contributed by atoms with Crippen molar-refractivity contribution < 1.29 is 9.53 Å². The number of benzene rings is 3. The number of fused-ring (bicyclic) bond motifs is 4. The van der Waals surface area contributed by atoms with Crippen molar-refractivity contribution in [1.29, 1.82) is 0 Å². The van der Waals surface area contributed by atoms with Crippen LogP contribution in [0.15, 0.2) is 60.7 Å². The van der Waals surface area contributed by atoms with Crippen molar-refractivity contribution in [3.8, 4) is 5.75 Å².